The van der Waals surface area contributed by atoms with Gasteiger partial charge < -0.3 is 24.8 Å². The summed E-state index contributed by atoms with van der Waals surface area (Å²) in [7, 11) is 0. The maximum atomic E-state index is 13.1. The minimum Gasteiger partial charge on any atom is -0.465 e. The lowest BCUT2D eigenvalue weighted by atomic mass is 9.94. The Bertz CT molecular complexity index is 685. The Hall–Kier alpha value is -1.18. The van der Waals surface area contributed by atoms with Crippen LogP contribution in [0, 0.1) is 11.8 Å². The standard InChI is InChI=1S/C42H82N2O5/c1-5-9-13-17-25-37(26-18-14-10-6-2)41(46)48-33-23-29-39-35-44(31-21-22-32-45)36-40(43-39)30-24-34-49-42(47)38(27-19-15-11-7-3)28-20-16-12-8-4/h37-40,43,45H,5-36H2,1-4H3. The molecule has 0 aliphatic carbocycles. The number of nitrogens with zero attached hydrogens (tertiary/aromatic N) is 1. The summed E-state index contributed by atoms with van der Waals surface area (Å²) < 4.78 is 11.8. The van der Waals surface area contributed by atoms with Gasteiger partial charge in [0.1, 0.15) is 0 Å². The number of unbranched alkanes of at least 4 members (excludes halogenated alkanes) is 13. The van der Waals surface area contributed by atoms with Crippen molar-refractivity contribution < 1.29 is 24.2 Å². The molecule has 1 rings (SSSR count). The second kappa shape index (κ2) is 32.7. The van der Waals surface area contributed by atoms with Crippen molar-refractivity contribution in [3.05, 3.63) is 0 Å². The highest BCUT2D eigenvalue weighted by Crippen LogP contribution is 2.22. The van der Waals surface area contributed by atoms with E-state index < -0.39 is 0 Å². The van der Waals surface area contributed by atoms with Crippen LogP contribution in [0.15, 0.2) is 0 Å². The molecule has 1 heterocycles. The highest BCUT2D eigenvalue weighted by molar-refractivity contribution is 5.72. The van der Waals surface area contributed by atoms with E-state index in [1.807, 2.05) is 0 Å². The summed E-state index contributed by atoms with van der Waals surface area (Å²) in [4.78, 5) is 28.7. The third kappa shape index (κ3) is 24.6. The van der Waals surface area contributed by atoms with Crippen LogP contribution in [0.25, 0.3) is 0 Å². The lowest BCUT2D eigenvalue weighted by Gasteiger charge is -2.39. The highest BCUT2D eigenvalue weighted by atomic mass is 16.5. The number of aliphatic hydroxyl groups excluding tert-OH is 1. The molecule has 0 bridgehead atoms. The van der Waals surface area contributed by atoms with E-state index in [0.29, 0.717) is 25.3 Å². The van der Waals surface area contributed by atoms with Gasteiger partial charge in [0.2, 0.25) is 0 Å². The second-order valence-electron chi connectivity index (χ2n) is 15.2. The van der Waals surface area contributed by atoms with E-state index in [1.54, 1.807) is 0 Å². The number of ether oxygens (including phenoxy) is 2. The molecule has 1 saturated heterocycles. The molecule has 0 aromatic carbocycles. The summed E-state index contributed by atoms with van der Waals surface area (Å²) in [6, 6.07) is 0.701. The lowest BCUT2D eigenvalue weighted by molar-refractivity contribution is -0.150. The zero-order valence-corrected chi connectivity index (χ0v) is 33.0. The van der Waals surface area contributed by atoms with Crippen molar-refractivity contribution in [2.45, 2.75) is 207 Å². The van der Waals surface area contributed by atoms with Gasteiger partial charge in [0.25, 0.3) is 0 Å². The zero-order valence-electron chi connectivity index (χ0n) is 33.0. The van der Waals surface area contributed by atoms with Crippen LogP contribution < -0.4 is 5.32 Å². The monoisotopic (exact) mass is 695 g/mol. The molecule has 2 N–H and O–H groups in total. The molecule has 0 spiro atoms. The number of hydrogen-bond acceptors (Lipinski definition) is 7. The highest BCUT2D eigenvalue weighted by Gasteiger charge is 2.27. The summed E-state index contributed by atoms with van der Waals surface area (Å²) in [6.45, 7) is 13.1. The Morgan fingerprint density at radius 3 is 1.31 bits per heavy atom. The molecular weight excluding hydrogens is 612 g/mol. The molecular formula is C42H82N2O5. The summed E-state index contributed by atoms with van der Waals surface area (Å²) in [6.07, 6.45) is 28.6. The van der Waals surface area contributed by atoms with Crippen molar-refractivity contribution in [1.82, 2.24) is 10.2 Å². The Morgan fingerprint density at radius 1 is 0.571 bits per heavy atom. The number of carbonyl (C=O) groups is 2. The van der Waals surface area contributed by atoms with Gasteiger partial charge in [0, 0.05) is 31.8 Å². The number of aliphatic hydroxyl groups is 1. The van der Waals surface area contributed by atoms with Crippen LogP contribution in [-0.4, -0.2) is 73.5 Å². The van der Waals surface area contributed by atoms with Crippen molar-refractivity contribution >= 4 is 11.9 Å². The number of esters is 2. The van der Waals surface area contributed by atoms with Gasteiger partial charge in [-0.05, 0) is 70.8 Å². The minimum atomic E-state index is 0.0202. The Balaban J connectivity index is 2.56. The molecule has 0 radical (unpaired) electrons. The normalized spacial score (nSPS) is 16.9. The zero-order chi connectivity index (χ0) is 35.8. The van der Waals surface area contributed by atoms with E-state index in [9.17, 15) is 14.7 Å². The van der Waals surface area contributed by atoms with E-state index in [1.165, 1.54) is 77.0 Å². The van der Waals surface area contributed by atoms with Crippen LogP contribution in [0.3, 0.4) is 0 Å². The van der Waals surface area contributed by atoms with Gasteiger partial charge in [-0.1, -0.05) is 130 Å². The predicted octanol–water partition coefficient (Wildman–Crippen LogP) is 10.2. The maximum absolute atomic E-state index is 13.1. The lowest BCUT2D eigenvalue weighted by Crippen LogP contribution is -2.56. The second-order valence-corrected chi connectivity index (χ2v) is 15.2. The van der Waals surface area contributed by atoms with Gasteiger partial charge in [0.05, 0.1) is 25.0 Å². The van der Waals surface area contributed by atoms with Crippen LogP contribution in [0.2, 0.25) is 0 Å². The molecule has 1 aliphatic heterocycles. The predicted molar refractivity (Wildman–Crippen MR) is 206 cm³/mol. The third-order valence-corrected chi connectivity index (χ3v) is 10.5. The Labute approximate surface area is 303 Å². The first kappa shape index (κ1) is 45.8. The molecule has 7 heteroatoms. The van der Waals surface area contributed by atoms with E-state index in [-0.39, 0.29) is 30.4 Å². The fourth-order valence-corrected chi connectivity index (χ4v) is 7.39. The molecule has 0 amide bonds. The number of rotatable bonds is 34. The van der Waals surface area contributed by atoms with E-state index >= 15 is 0 Å². The van der Waals surface area contributed by atoms with Crippen molar-refractivity contribution in [2.75, 3.05) is 39.5 Å². The topological polar surface area (TPSA) is 88.1 Å². The minimum absolute atomic E-state index is 0.0202. The smallest absolute Gasteiger partial charge is 0.308 e. The van der Waals surface area contributed by atoms with Crippen molar-refractivity contribution in [3.63, 3.8) is 0 Å². The van der Waals surface area contributed by atoms with Gasteiger partial charge in [0.15, 0.2) is 0 Å². The molecule has 0 aromatic rings. The van der Waals surface area contributed by atoms with E-state index in [4.69, 9.17) is 9.47 Å². The van der Waals surface area contributed by atoms with Crippen molar-refractivity contribution in [3.8, 4) is 0 Å². The number of hydrogen-bond donors (Lipinski definition) is 2. The molecule has 2 unspecified atom stereocenters. The summed E-state index contributed by atoms with van der Waals surface area (Å²) in [5.41, 5.74) is 0. The van der Waals surface area contributed by atoms with Gasteiger partial charge in [-0.3, -0.25) is 9.59 Å². The first-order valence-corrected chi connectivity index (χ1v) is 21.4. The van der Waals surface area contributed by atoms with Crippen molar-refractivity contribution in [1.29, 1.82) is 0 Å². The molecule has 1 aliphatic rings. The van der Waals surface area contributed by atoms with Gasteiger partial charge >= 0.3 is 11.9 Å². The van der Waals surface area contributed by atoms with Gasteiger partial charge in [-0.25, -0.2) is 0 Å². The van der Waals surface area contributed by atoms with Crippen LogP contribution in [0.4, 0.5) is 0 Å². The Kier molecular flexibility index (Phi) is 30.6. The fraction of sp³-hybridized carbons (Fsp3) is 0.952. The summed E-state index contributed by atoms with van der Waals surface area (Å²) in [5.74, 6) is 0.150. The average Bonchev–Trinajstić information content (AvgIpc) is 3.10. The molecule has 7 nitrogen and oxygen atoms in total. The molecule has 290 valence electrons. The largest absolute Gasteiger partial charge is 0.465 e. The summed E-state index contributed by atoms with van der Waals surface area (Å²) in [5, 5.41) is 13.2. The first-order valence-electron chi connectivity index (χ1n) is 21.4. The number of piperazine rings is 1. The van der Waals surface area contributed by atoms with E-state index in [2.05, 4.69) is 37.9 Å². The Morgan fingerprint density at radius 2 is 0.959 bits per heavy atom. The van der Waals surface area contributed by atoms with E-state index in [0.717, 1.165) is 110 Å². The van der Waals surface area contributed by atoms with Crippen LogP contribution in [0.1, 0.15) is 195 Å². The van der Waals surface area contributed by atoms with Crippen LogP contribution >= 0.6 is 0 Å². The fourth-order valence-electron chi connectivity index (χ4n) is 7.39. The van der Waals surface area contributed by atoms with Crippen LogP contribution in [0.5, 0.6) is 0 Å². The third-order valence-electron chi connectivity index (χ3n) is 10.5. The molecule has 1 fully saturated rings. The maximum Gasteiger partial charge on any atom is 0.308 e. The first-order chi connectivity index (χ1) is 24.0. The number of carbonyl (C=O) groups excluding carboxylic acids is 2. The average molecular weight is 695 g/mol. The molecule has 49 heavy (non-hydrogen) atoms. The molecule has 0 aromatic heterocycles. The molecule has 0 saturated carbocycles. The van der Waals surface area contributed by atoms with Gasteiger partial charge in [-0.15, -0.1) is 0 Å². The summed E-state index contributed by atoms with van der Waals surface area (Å²) >= 11 is 0. The molecule has 2 atom stereocenters. The SMILES string of the molecule is CCCCCCC(CCCCCC)C(=O)OCCCC1CN(CCCCO)CC(CCCOC(=O)C(CCCCCC)CCCCCC)N1. The quantitative estimate of drug-likeness (QED) is 0.0512. The van der Waals surface area contributed by atoms with Crippen LogP contribution in [-0.2, 0) is 19.1 Å². The number of nitrogens with one attached hydrogen (secondary N) is 1. The van der Waals surface area contributed by atoms with Gasteiger partial charge in [-0.2, -0.15) is 0 Å². The van der Waals surface area contributed by atoms with Crippen molar-refractivity contribution in [2.24, 2.45) is 11.8 Å².